The van der Waals surface area contributed by atoms with Gasteiger partial charge in [0, 0.05) is 6.20 Å². The molecule has 1 aliphatic heterocycles. The lowest BCUT2D eigenvalue weighted by molar-refractivity contribution is -0.0350. The smallest absolute Gasteiger partial charge is 0.413 e. The standard InChI is InChI=1S/C20H27N3O6/c1-5-13-9-23(18-15(25)14(24)12(4)28-18)19(26)21-17(13)22-20(27)29-16-10(2)7-6-8-11(16)3/h1,9-12,14-16,18,24-25H,6-8H2,2-4H3,(H,21,22,26,27)/t10?,11?,12-,14-,15-,16?,18-/m1/s1. The predicted molar refractivity (Wildman–Crippen MR) is 104 cm³/mol. The lowest BCUT2D eigenvalue weighted by Crippen LogP contribution is -2.37. The highest BCUT2D eigenvalue weighted by molar-refractivity contribution is 5.85. The molecule has 1 aromatic rings. The van der Waals surface area contributed by atoms with Gasteiger partial charge in [0.2, 0.25) is 0 Å². The van der Waals surface area contributed by atoms with Gasteiger partial charge in [-0.1, -0.05) is 26.2 Å². The Morgan fingerprint density at radius 2 is 1.97 bits per heavy atom. The van der Waals surface area contributed by atoms with Gasteiger partial charge in [-0.15, -0.1) is 6.42 Å². The first-order chi connectivity index (χ1) is 13.7. The predicted octanol–water partition coefficient (Wildman–Crippen LogP) is 1.24. The number of carbonyl (C=O) groups excluding carboxylic acids is 1. The molecule has 2 heterocycles. The molecule has 0 bridgehead atoms. The molecule has 6 atom stereocenters. The number of aromatic nitrogens is 2. The molecule has 3 N–H and O–H groups in total. The van der Waals surface area contributed by atoms with E-state index in [2.05, 4.69) is 16.2 Å². The van der Waals surface area contributed by atoms with Crippen molar-refractivity contribution in [3.63, 3.8) is 0 Å². The summed E-state index contributed by atoms with van der Waals surface area (Å²) in [6.45, 7) is 5.66. The number of nitrogens with zero attached hydrogens (tertiary/aromatic N) is 2. The lowest BCUT2D eigenvalue weighted by atomic mass is 9.81. The Morgan fingerprint density at radius 3 is 2.52 bits per heavy atom. The molecule has 1 saturated carbocycles. The van der Waals surface area contributed by atoms with E-state index in [1.165, 1.54) is 6.20 Å². The number of aliphatic hydroxyl groups is 2. The molecule has 3 rings (SSSR count). The van der Waals surface area contributed by atoms with Crippen molar-refractivity contribution >= 4 is 11.9 Å². The monoisotopic (exact) mass is 405 g/mol. The van der Waals surface area contributed by atoms with Gasteiger partial charge in [-0.25, -0.2) is 9.59 Å². The third-order valence-corrected chi connectivity index (χ3v) is 5.76. The van der Waals surface area contributed by atoms with Crippen LogP contribution in [0.3, 0.4) is 0 Å². The Bertz CT molecular complexity index is 853. The molecule has 0 radical (unpaired) electrons. The zero-order valence-corrected chi connectivity index (χ0v) is 16.7. The topological polar surface area (TPSA) is 123 Å². The van der Waals surface area contributed by atoms with Crippen LogP contribution in [0.4, 0.5) is 10.6 Å². The molecule has 1 amide bonds. The van der Waals surface area contributed by atoms with E-state index in [-0.39, 0.29) is 29.3 Å². The molecule has 0 spiro atoms. The Balaban J connectivity index is 1.78. The number of nitrogens with one attached hydrogen (secondary N) is 1. The molecule has 2 fully saturated rings. The minimum absolute atomic E-state index is 0.101. The minimum atomic E-state index is -1.31. The number of ether oxygens (including phenoxy) is 2. The number of hydrogen-bond acceptors (Lipinski definition) is 7. The third kappa shape index (κ3) is 4.29. The number of aliphatic hydroxyl groups excluding tert-OH is 2. The molecular formula is C20H27N3O6. The molecule has 1 aliphatic carbocycles. The summed E-state index contributed by atoms with van der Waals surface area (Å²) in [5.74, 6) is 2.74. The second-order valence-electron chi connectivity index (χ2n) is 7.93. The van der Waals surface area contributed by atoms with Gasteiger partial charge in [0.15, 0.2) is 12.0 Å². The molecule has 0 aromatic carbocycles. The summed E-state index contributed by atoms with van der Waals surface area (Å²) in [6.07, 6.45) is 4.66. The number of rotatable bonds is 3. The molecule has 9 nitrogen and oxygen atoms in total. The molecule has 158 valence electrons. The van der Waals surface area contributed by atoms with Gasteiger partial charge >= 0.3 is 11.8 Å². The number of carbonyl (C=O) groups is 1. The summed E-state index contributed by atoms with van der Waals surface area (Å²) in [7, 11) is 0. The van der Waals surface area contributed by atoms with Gasteiger partial charge in [-0.3, -0.25) is 9.88 Å². The van der Waals surface area contributed by atoms with E-state index in [0.717, 1.165) is 23.8 Å². The van der Waals surface area contributed by atoms with Crippen LogP contribution in [-0.2, 0) is 9.47 Å². The normalized spacial score (nSPS) is 34.4. The average Bonchev–Trinajstić information content (AvgIpc) is 2.92. The fraction of sp³-hybridized carbons (Fsp3) is 0.650. The first-order valence-corrected chi connectivity index (χ1v) is 9.82. The Hall–Kier alpha value is -2.41. The summed E-state index contributed by atoms with van der Waals surface area (Å²) < 4.78 is 12.0. The van der Waals surface area contributed by atoms with Crippen molar-refractivity contribution in [3.8, 4) is 12.3 Å². The molecule has 1 saturated heterocycles. The first kappa shape index (κ1) is 21.3. The number of terminal acetylenes is 1. The maximum absolute atomic E-state index is 12.4. The van der Waals surface area contributed by atoms with Crippen molar-refractivity contribution in [2.24, 2.45) is 11.8 Å². The Morgan fingerprint density at radius 1 is 1.31 bits per heavy atom. The summed E-state index contributed by atoms with van der Waals surface area (Å²) in [5, 5.41) is 22.4. The van der Waals surface area contributed by atoms with Gasteiger partial charge in [0.1, 0.15) is 18.3 Å². The second-order valence-corrected chi connectivity index (χ2v) is 7.93. The molecule has 1 aromatic heterocycles. The summed E-state index contributed by atoms with van der Waals surface area (Å²) in [6, 6.07) is 0. The first-order valence-electron chi connectivity index (χ1n) is 9.82. The van der Waals surface area contributed by atoms with Crippen LogP contribution in [0.5, 0.6) is 0 Å². The fourth-order valence-electron chi connectivity index (χ4n) is 4.04. The van der Waals surface area contributed by atoms with Crippen molar-refractivity contribution in [1.82, 2.24) is 9.55 Å². The van der Waals surface area contributed by atoms with Crippen LogP contribution < -0.4 is 11.0 Å². The average molecular weight is 405 g/mol. The summed E-state index contributed by atoms with van der Waals surface area (Å²) >= 11 is 0. The lowest BCUT2D eigenvalue weighted by Gasteiger charge is -2.33. The van der Waals surface area contributed by atoms with E-state index in [4.69, 9.17) is 15.9 Å². The number of anilines is 1. The molecule has 2 aliphatic rings. The van der Waals surface area contributed by atoms with Crippen molar-refractivity contribution in [3.05, 3.63) is 22.2 Å². The Labute approximate surface area is 169 Å². The van der Waals surface area contributed by atoms with Crippen molar-refractivity contribution < 1.29 is 24.5 Å². The van der Waals surface area contributed by atoms with E-state index < -0.39 is 36.3 Å². The van der Waals surface area contributed by atoms with E-state index in [9.17, 15) is 19.8 Å². The van der Waals surface area contributed by atoms with Gasteiger partial charge in [0.25, 0.3) is 0 Å². The van der Waals surface area contributed by atoms with Gasteiger partial charge in [-0.05, 0) is 31.6 Å². The molecule has 9 heteroatoms. The zero-order valence-electron chi connectivity index (χ0n) is 16.7. The summed E-state index contributed by atoms with van der Waals surface area (Å²) in [5.41, 5.74) is -0.666. The van der Waals surface area contributed by atoms with Crippen LogP contribution in [0.15, 0.2) is 11.0 Å². The van der Waals surface area contributed by atoms with Gasteiger partial charge in [-0.2, -0.15) is 4.98 Å². The van der Waals surface area contributed by atoms with E-state index in [1.54, 1.807) is 6.92 Å². The molecule has 2 unspecified atom stereocenters. The van der Waals surface area contributed by atoms with E-state index in [1.807, 2.05) is 13.8 Å². The van der Waals surface area contributed by atoms with Crippen LogP contribution in [-0.4, -0.2) is 50.3 Å². The molecule has 29 heavy (non-hydrogen) atoms. The van der Waals surface area contributed by atoms with Crippen molar-refractivity contribution in [2.75, 3.05) is 5.32 Å². The molecular weight excluding hydrogens is 378 g/mol. The van der Waals surface area contributed by atoms with Crippen LogP contribution in [0.1, 0.15) is 51.8 Å². The maximum Gasteiger partial charge on any atom is 0.413 e. The highest BCUT2D eigenvalue weighted by Gasteiger charge is 2.42. The Kier molecular flexibility index (Phi) is 6.27. The third-order valence-electron chi connectivity index (χ3n) is 5.76. The van der Waals surface area contributed by atoms with Gasteiger partial charge in [0.05, 0.1) is 11.7 Å². The maximum atomic E-state index is 12.4. The van der Waals surface area contributed by atoms with Crippen LogP contribution in [0.2, 0.25) is 0 Å². The van der Waals surface area contributed by atoms with E-state index >= 15 is 0 Å². The largest absolute Gasteiger partial charge is 0.445 e. The fourth-order valence-corrected chi connectivity index (χ4v) is 4.04. The number of amides is 1. The highest BCUT2D eigenvalue weighted by Crippen LogP contribution is 2.32. The van der Waals surface area contributed by atoms with Crippen molar-refractivity contribution in [2.45, 2.75) is 70.7 Å². The SMILES string of the molecule is C#Cc1cn([C@@H]2O[C@H](C)[C@@H](O)[C@H]2O)c(=O)nc1NC(=O)OC1C(C)CCCC1C. The quantitative estimate of drug-likeness (QED) is 0.647. The van der Waals surface area contributed by atoms with Crippen molar-refractivity contribution in [1.29, 1.82) is 0 Å². The van der Waals surface area contributed by atoms with Crippen LogP contribution >= 0.6 is 0 Å². The van der Waals surface area contributed by atoms with Gasteiger partial charge < -0.3 is 19.7 Å². The highest BCUT2D eigenvalue weighted by atomic mass is 16.6. The minimum Gasteiger partial charge on any atom is -0.445 e. The zero-order chi connectivity index (χ0) is 21.3. The summed E-state index contributed by atoms with van der Waals surface area (Å²) in [4.78, 5) is 28.7. The number of hydrogen-bond donors (Lipinski definition) is 3. The van der Waals surface area contributed by atoms with E-state index in [0.29, 0.717) is 0 Å². The second kappa shape index (κ2) is 8.53. The van der Waals surface area contributed by atoms with Crippen LogP contribution in [0.25, 0.3) is 0 Å². The van der Waals surface area contributed by atoms with Crippen LogP contribution in [0, 0.1) is 24.2 Å².